The Hall–Kier alpha value is -2.00. The Morgan fingerprint density at radius 2 is 1.73 bits per heavy atom. The van der Waals surface area contributed by atoms with Crippen molar-refractivity contribution in [1.29, 1.82) is 0 Å². The van der Waals surface area contributed by atoms with Crippen LogP contribution >= 0.6 is 0 Å². The van der Waals surface area contributed by atoms with Crippen LogP contribution in [-0.4, -0.2) is 37.2 Å². The van der Waals surface area contributed by atoms with Gasteiger partial charge in [0.25, 0.3) is 0 Å². The number of para-hydroxylation sites is 2. The van der Waals surface area contributed by atoms with Gasteiger partial charge in [0.2, 0.25) is 0 Å². The Balaban J connectivity index is 1.47. The summed E-state index contributed by atoms with van der Waals surface area (Å²) in [6, 6.07) is 19.8. The van der Waals surface area contributed by atoms with Gasteiger partial charge in [-0.2, -0.15) is 0 Å². The highest BCUT2D eigenvalue weighted by atomic mass is 16.5. The normalized spacial score (nSPS) is 22.0. The number of rotatable bonds is 2. The van der Waals surface area contributed by atoms with Crippen molar-refractivity contribution in [3.63, 3.8) is 0 Å². The third kappa shape index (κ3) is 2.69. The van der Waals surface area contributed by atoms with Crippen molar-refractivity contribution < 1.29 is 4.74 Å². The number of anilines is 1. The lowest BCUT2D eigenvalue weighted by Crippen LogP contribution is -2.38. The molecule has 0 aromatic heterocycles. The lowest BCUT2D eigenvalue weighted by Gasteiger charge is -2.27. The molecule has 1 unspecified atom stereocenters. The van der Waals surface area contributed by atoms with Gasteiger partial charge in [-0.05, 0) is 24.6 Å². The molecule has 1 fully saturated rings. The fraction of sp³-hybridized carbons (Fsp3) is 0.368. The summed E-state index contributed by atoms with van der Waals surface area (Å²) in [5, 5.41) is 0. The minimum absolute atomic E-state index is 0.620. The first-order valence-corrected chi connectivity index (χ1v) is 8.15. The monoisotopic (exact) mass is 294 g/mol. The first-order valence-electron chi connectivity index (χ1n) is 8.15. The SMILES string of the molecule is c1ccc(N2CCC(N3CCOc4ccccc4C3)C2)cc1. The second kappa shape index (κ2) is 6.01. The van der Waals surface area contributed by atoms with Gasteiger partial charge in [0.05, 0.1) is 0 Å². The largest absolute Gasteiger partial charge is 0.492 e. The third-order valence-corrected chi connectivity index (χ3v) is 4.78. The fourth-order valence-electron chi connectivity index (χ4n) is 3.57. The molecule has 0 N–H and O–H groups in total. The van der Waals surface area contributed by atoms with E-state index in [2.05, 4.69) is 64.4 Å². The van der Waals surface area contributed by atoms with E-state index in [1.54, 1.807) is 0 Å². The summed E-state index contributed by atoms with van der Waals surface area (Å²) in [7, 11) is 0. The molecule has 2 aliphatic rings. The van der Waals surface area contributed by atoms with Gasteiger partial charge in [0, 0.05) is 43.5 Å². The van der Waals surface area contributed by atoms with Crippen molar-refractivity contribution in [2.45, 2.75) is 19.0 Å². The van der Waals surface area contributed by atoms with Gasteiger partial charge in [-0.15, -0.1) is 0 Å². The lowest BCUT2D eigenvalue weighted by atomic mass is 10.1. The number of fused-ring (bicyclic) bond motifs is 1. The molecule has 3 nitrogen and oxygen atoms in total. The van der Waals surface area contributed by atoms with Gasteiger partial charge in [0.1, 0.15) is 12.4 Å². The second-order valence-corrected chi connectivity index (χ2v) is 6.15. The van der Waals surface area contributed by atoms with E-state index >= 15 is 0 Å². The topological polar surface area (TPSA) is 15.7 Å². The molecule has 2 aromatic carbocycles. The van der Waals surface area contributed by atoms with Gasteiger partial charge in [-0.25, -0.2) is 0 Å². The van der Waals surface area contributed by atoms with Crippen LogP contribution < -0.4 is 9.64 Å². The average molecular weight is 294 g/mol. The lowest BCUT2D eigenvalue weighted by molar-refractivity contribution is 0.179. The molecule has 22 heavy (non-hydrogen) atoms. The standard InChI is InChI=1S/C19H22N2O/c1-2-7-17(8-3-1)20-11-10-18(15-20)21-12-13-22-19-9-5-4-6-16(19)14-21/h1-9,18H,10-15H2. The molecule has 0 aliphatic carbocycles. The van der Waals surface area contributed by atoms with Gasteiger partial charge >= 0.3 is 0 Å². The Labute approximate surface area is 132 Å². The van der Waals surface area contributed by atoms with Crippen molar-refractivity contribution in [3.05, 3.63) is 60.2 Å². The van der Waals surface area contributed by atoms with Crippen molar-refractivity contribution in [2.75, 3.05) is 31.1 Å². The van der Waals surface area contributed by atoms with Crippen molar-refractivity contribution in [3.8, 4) is 5.75 Å². The number of benzene rings is 2. The Morgan fingerprint density at radius 3 is 2.64 bits per heavy atom. The Bertz CT molecular complexity index is 628. The smallest absolute Gasteiger partial charge is 0.123 e. The van der Waals surface area contributed by atoms with E-state index in [4.69, 9.17) is 4.74 Å². The van der Waals surface area contributed by atoms with Gasteiger partial charge in [0.15, 0.2) is 0 Å². The number of ether oxygens (including phenoxy) is 1. The minimum atomic E-state index is 0.620. The van der Waals surface area contributed by atoms with Crippen LogP contribution in [0.25, 0.3) is 0 Å². The van der Waals surface area contributed by atoms with E-state index in [0.29, 0.717) is 6.04 Å². The second-order valence-electron chi connectivity index (χ2n) is 6.15. The summed E-state index contributed by atoms with van der Waals surface area (Å²) in [4.78, 5) is 5.09. The van der Waals surface area contributed by atoms with Crippen LogP contribution in [0, 0.1) is 0 Å². The predicted octanol–water partition coefficient (Wildman–Crippen LogP) is 3.16. The number of hydrogen-bond donors (Lipinski definition) is 0. The molecule has 1 saturated heterocycles. The number of hydrogen-bond acceptors (Lipinski definition) is 3. The van der Waals surface area contributed by atoms with Crippen molar-refractivity contribution in [1.82, 2.24) is 4.90 Å². The molecule has 0 radical (unpaired) electrons. The quantitative estimate of drug-likeness (QED) is 0.846. The van der Waals surface area contributed by atoms with Gasteiger partial charge in [-0.1, -0.05) is 36.4 Å². The van der Waals surface area contributed by atoms with Gasteiger partial charge < -0.3 is 9.64 Å². The summed E-state index contributed by atoms with van der Waals surface area (Å²) in [6.07, 6.45) is 1.23. The molecule has 0 amide bonds. The molecule has 4 rings (SSSR count). The molecule has 114 valence electrons. The highest BCUT2D eigenvalue weighted by molar-refractivity contribution is 5.47. The molecule has 0 bridgehead atoms. The molecule has 2 aromatic rings. The van der Waals surface area contributed by atoms with Crippen LogP contribution in [0.5, 0.6) is 5.75 Å². The summed E-state index contributed by atoms with van der Waals surface area (Å²) in [6.45, 7) is 5.07. The minimum Gasteiger partial charge on any atom is -0.492 e. The molecular formula is C19H22N2O. The third-order valence-electron chi connectivity index (χ3n) is 4.78. The zero-order valence-electron chi connectivity index (χ0n) is 12.8. The average Bonchev–Trinajstić information content (AvgIpc) is 2.96. The predicted molar refractivity (Wildman–Crippen MR) is 89.4 cm³/mol. The summed E-state index contributed by atoms with van der Waals surface area (Å²) in [5.74, 6) is 1.06. The molecule has 2 aliphatic heterocycles. The van der Waals surface area contributed by atoms with E-state index in [9.17, 15) is 0 Å². The van der Waals surface area contributed by atoms with Crippen LogP contribution in [0.15, 0.2) is 54.6 Å². The van der Waals surface area contributed by atoms with Crippen LogP contribution in [-0.2, 0) is 6.54 Å². The maximum absolute atomic E-state index is 5.89. The van der Waals surface area contributed by atoms with Crippen LogP contribution in [0.2, 0.25) is 0 Å². The molecule has 2 heterocycles. The molecule has 0 saturated carbocycles. The van der Waals surface area contributed by atoms with Crippen LogP contribution in [0.3, 0.4) is 0 Å². The molecule has 1 atom stereocenters. The van der Waals surface area contributed by atoms with Gasteiger partial charge in [-0.3, -0.25) is 4.90 Å². The zero-order valence-corrected chi connectivity index (χ0v) is 12.8. The Morgan fingerprint density at radius 1 is 0.909 bits per heavy atom. The highest BCUT2D eigenvalue weighted by Crippen LogP contribution is 2.27. The van der Waals surface area contributed by atoms with E-state index < -0.39 is 0 Å². The van der Waals surface area contributed by atoms with Crippen LogP contribution in [0.4, 0.5) is 5.69 Å². The van der Waals surface area contributed by atoms with Crippen LogP contribution in [0.1, 0.15) is 12.0 Å². The summed E-state index contributed by atoms with van der Waals surface area (Å²) >= 11 is 0. The molecular weight excluding hydrogens is 272 g/mol. The van der Waals surface area contributed by atoms with E-state index in [-0.39, 0.29) is 0 Å². The maximum Gasteiger partial charge on any atom is 0.123 e. The van der Waals surface area contributed by atoms with E-state index in [0.717, 1.165) is 38.5 Å². The van der Waals surface area contributed by atoms with E-state index in [1.807, 2.05) is 0 Å². The molecule has 3 heteroatoms. The summed E-state index contributed by atoms with van der Waals surface area (Å²) < 4.78 is 5.89. The Kier molecular flexibility index (Phi) is 3.73. The van der Waals surface area contributed by atoms with Crippen molar-refractivity contribution >= 4 is 5.69 Å². The molecule has 0 spiro atoms. The first kappa shape index (κ1) is 13.6. The number of nitrogens with zero attached hydrogens (tertiary/aromatic N) is 2. The summed E-state index contributed by atoms with van der Waals surface area (Å²) in [5.41, 5.74) is 2.66. The fourth-order valence-corrected chi connectivity index (χ4v) is 3.57. The first-order chi connectivity index (χ1) is 10.9. The van der Waals surface area contributed by atoms with Crippen molar-refractivity contribution in [2.24, 2.45) is 0 Å². The maximum atomic E-state index is 5.89. The highest BCUT2D eigenvalue weighted by Gasteiger charge is 2.29. The van der Waals surface area contributed by atoms with E-state index in [1.165, 1.54) is 17.7 Å². The zero-order chi connectivity index (χ0) is 14.8.